The van der Waals surface area contributed by atoms with Gasteiger partial charge in [-0.15, -0.1) is 0 Å². The molecule has 4 bridgehead atoms. The van der Waals surface area contributed by atoms with Gasteiger partial charge in [0, 0.05) is 17.9 Å². The predicted molar refractivity (Wildman–Crippen MR) is 129 cm³/mol. The number of carbonyl (C=O) groups excluding carboxylic acids is 3. The number of esters is 1. The maximum absolute atomic E-state index is 13.1. The number of hydrogen-bond donors (Lipinski definition) is 5. The number of allylic oxidation sites excluding steroid dienone is 3. The SMILES string of the molecule is COC(=O)[C@@H]1Cc2cc(ccc2Cl)C2=CC(=C(O)CC2)C[C@H](N)C(=O)N[C@@H](CCCN)C(=O)N1. The van der Waals surface area contributed by atoms with E-state index in [0.29, 0.717) is 42.0 Å². The highest BCUT2D eigenvalue weighted by molar-refractivity contribution is 6.31. The van der Waals surface area contributed by atoms with Crippen molar-refractivity contribution in [2.24, 2.45) is 11.5 Å². The minimum absolute atomic E-state index is 0.101. The zero-order chi connectivity index (χ0) is 24.8. The molecule has 1 aliphatic carbocycles. The second-order valence-electron chi connectivity index (χ2n) is 8.54. The van der Waals surface area contributed by atoms with Crippen molar-refractivity contribution in [3.05, 3.63) is 51.8 Å². The normalized spacial score (nSPS) is 23.8. The van der Waals surface area contributed by atoms with E-state index < -0.39 is 35.9 Å². The number of ether oxygens (including phenoxy) is 1. The Morgan fingerprint density at radius 3 is 2.68 bits per heavy atom. The van der Waals surface area contributed by atoms with Crippen LogP contribution in [-0.2, 0) is 25.5 Å². The number of nitrogens with one attached hydrogen (secondary N) is 2. The summed E-state index contributed by atoms with van der Waals surface area (Å²) in [6.07, 6.45) is 3.80. The van der Waals surface area contributed by atoms with E-state index in [9.17, 15) is 19.5 Å². The van der Waals surface area contributed by atoms with Crippen molar-refractivity contribution in [3.63, 3.8) is 0 Å². The number of rotatable bonds is 4. The molecule has 1 aromatic carbocycles. The van der Waals surface area contributed by atoms with Crippen LogP contribution in [-0.4, -0.2) is 54.7 Å². The van der Waals surface area contributed by atoms with E-state index in [2.05, 4.69) is 10.6 Å². The summed E-state index contributed by atoms with van der Waals surface area (Å²) in [5.41, 5.74) is 14.8. The maximum Gasteiger partial charge on any atom is 0.328 e. The van der Waals surface area contributed by atoms with Crippen LogP contribution in [0.3, 0.4) is 0 Å². The average molecular weight is 491 g/mol. The maximum atomic E-state index is 13.1. The first-order valence-electron chi connectivity index (χ1n) is 11.3. The highest BCUT2D eigenvalue weighted by Crippen LogP contribution is 2.33. The second-order valence-corrected chi connectivity index (χ2v) is 8.95. The molecule has 34 heavy (non-hydrogen) atoms. The molecule has 0 radical (unpaired) electrons. The summed E-state index contributed by atoms with van der Waals surface area (Å²) in [6, 6.07) is 2.52. The van der Waals surface area contributed by atoms with Crippen molar-refractivity contribution in [2.45, 2.75) is 56.7 Å². The van der Waals surface area contributed by atoms with Gasteiger partial charge in [-0.3, -0.25) is 9.59 Å². The van der Waals surface area contributed by atoms with Crippen LogP contribution in [0.25, 0.3) is 5.57 Å². The molecule has 0 saturated heterocycles. The van der Waals surface area contributed by atoms with Gasteiger partial charge in [0.1, 0.15) is 12.1 Å². The Balaban J connectivity index is 2.06. The average Bonchev–Trinajstić information content (AvgIpc) is 2.82. The zero-order valence-corrected chi connectivity index (χ0v) is 19.9. The van der Waals surface area contributed by atoms with Crippen LogP contribution < -0.4 is 22.1 Å². The Bertz CT molecular complexity index is 1020. The van der Waals surface area contributed by atoms with Crippen molar-refractivity contribution in [2.75, 3.05) is 13.7 Å². The van der Waals surface area contributed by atoms with Crippen LogP contribution in [0.5, 0.6) is 0 Å². The molecule has 0 unspecified atom stereocenters. The van der Waals surface area contributed by atoms with Crippen LogP contribution in [0.4, 0.5) is 0 Å². The van der Waals surface area contributed by atoms with Crippen molar-refractivity contribution in [3.8, 4) is 0 Å². The molecule has 1 aliphatic heterocycles. The third kappa shape index (κ3) is 6.16. The third-order valence-electron chi connectivity index (χ3n) is 6.10. The fourth-order valence-electron chi connectivity index (χ4n) is 4.14. The first-order valence-corrected chi connectivity index (χ1v) is 11.7. The molecule has 0 aromatic heterocycles. The summed E-state index contributed by atoms with van der Waals surface area (Å²) in [5.74, 6) is -1.53. The monoisotopic (exact) mass is 490 g/mol. The van der Waals surface area contributed by atoms with Crippen molar-refractivity contribution >= 4 is 35.0 Å². The standard InChI is InChI=1S/C24H31ClN4O5/c1-34-24(33)20-12-15-9-13(4-6-17(15)25)14-5-7-21(30)16(10-14)11-18(27)22(31)28-19(3-2-8-26)23(32)29-20/h4,6,9-10,18-20,30H,2-3,5,7-8,11-12,26-27H2,1H3,(H,28,31)(H,29,32)/t18-,19-,20-/m0/s1. The molecule has 2 aliphatic rings. The molecular weight excluding hydrogens is 460 g/mol. The molecule has 1 heterocycles. The number of carbonyl (C=O) groups is 3. The first kappa shape index (κ1) is 25.7. The van der Waals surface area contributed by atoms with Gasteiger partial charge < -0.3 is 31.9 Å². The van der Waals surface area contributed by atoms with Gasteiger partial charge in [0.25, 0.3) is 0 Å². The van der Waals surface area contributed by atoms with Crippen LogP contribution in [0.2, 0.25) is 5.02 Å². The van der Waals surface area contributed by atoms with Gasteiger partial charge in [-0.1, -0.05) is 23.7 Å². The Morgan fingerprint density at radius 2 is 1.97 bits per heavy atom. The lowest BCUT2D eigenvalue weighted by molar-refractivity contribution is -0.145. The lowest BCUT2D eigenvalue weighted by Crippen LogP contribution is -2.55. The van der Waals surface area contributed by atoms with Gasteiger partial charge in [-0.25, -0.2) is 4.79 Å². The highest BCUT2D eigenvalue weighted by Gasteiger charge is 2.30. The smallest absolute Gasteiger partial charge is 0.328 e. The summed E-state index contributed by atoms with van der Waals surface area (Å²) < 4.78 is 4.90. The molecule has 1 aromatic rings. The van der Waals surface area contributed by atoms with Gasteiger partial charge in [-0.2, -0.15) is 0 Å². The van der Waals surface area contributed by atoms with Crippen LogP contribution >= 0.6 is 11.6 Å². The van der Waals surface area contributed by atoms with Gasteiger partial charge in [0.2, 0.25) is 11.8 Å². The molecule has 3 atom stereocenters. The van der Waals surface area contributed by atoms with Crippen molar-refractivity contribution in [1.29, 1.82) is 0 Å². The van der Waals surface area contributed by atoms with E-state index in [-0.39, 0.29) is 25.0 Å². The van der Waals surface area contributed by atoms with E-state index in [1.54, 1.807) is 6.07 Å². The minimum atomic E-state index is -1.01. The Labute approximate surface area is 203 Å². The Morgan fingerprint density at radius 1 is 1.21 bits per heavy atom. The fourth-order valence-corrected chi connectivity index (χ4v) is 4.34. The Hall–Kier alpha value is -2.88. The number of aliphatic hydroxyl groups is 1. The summed E-state index contributed by atoms with van der Waals surface area (Å²) in [6.45, 7) is 0.322. The molecule has 3 rings (SSSR count). The number of methoxy groups -OCH3 is 1. The predicted octanol–water partition coefficient (Wildman–Crippen LogP) is 1.48. The summed E-state index contributed by atoms with van der Waals surface area (Å²) in [5, 5.41) is 16.2. The molecule has 0 saturated carbocycles. The first-order chi connectivity index (χ1) is 16.2. The third-order valence-corrected chi connectivity index (χ3v) is 6.47. The summed E-state index contributed by atoms with van der Waals surface area (Å²) in [7, 11) is 1.24. The molecule has 10 heteroatoms. The van der Waals surface area contributed by atoms with E-state index in [4.69, 9.17) is 27.8 Å². The molecular formula is C24H31ClN4O5. The minimum Gasteiger partial charge on any atom is -0.512 e. The van der Waals surface area contributed by atoms with E-state index in [1.807, 2.05) is 18.2 Å². The molecule has 0 fully saturated rings. The highest BCUT2D eigenvalue weighted by atomic mass is 35.5. The number of nitrogens with two attached hydrogens (primary N) is 2. The Kier molecular flexibility index (Phi) is 8.71. The van der Waals surface area contributed by atoms with Gasteiger partial charge >= 0.3 is 5.97 Å². The van der Waals surface area contributed by atoms with Gasteiger partial charge in [-0.05, 0) is 66.6 Å². The number of aliphatic hydroxyl groups excluding tert-OH is 1. The van der Waals surface area contributed by atoms with E-state index >= 15 is 0 Å². The van der Waals surface area contributed by atoms with E-state index in [0.717, 1.165) is 11.1 Å². The molecule has 9 nitrogen and oxygen atoms in total. The van der Waals surface area contributed by atoms with Gasteiger partial charge in [0.05, 0.1) is 18.9 Å². The lowest BCUT2D eigenvalue weighted by atomic mass is 9.89. The largest absolute Gasteiger partial charge is 0.512 e. The van der Waals surface area contributed by atoms with Crippen LogP contribution in [0.1, 0.15) is 43.2 Å². The zero-order valence-electron chi connectivity index (χ0n) is 19.1. The molecule has 184 valence electrons. The summed E-state index contributed by atoms with van der Waals surface area (Å²) >= 11 is 6.43. The molecule has 0 spiro atoms. The van der Waals surface area contributed by atoms with Gasteiger partial charge in [0.15, 0.2) is 0 Å². The molecule has 7 N–H and O–H groups in total. The number of fused-ring (bicyclic) bond motifs is 4. The fraction of sp³-hybridized carbons (Fsp3) is 0.458. The number of benzene rings is 1. The second kappa shape index (κ2) is 11.5. The summed E-state index contributed by atoms with van der Waals surface area (Å²) in [4.78, 5) is 38.4. The van der Waals surface area contributed by atoms with E-state index in [1.165, 1.54) is 7.11 Å². The number of halogens is 1. The number of hydrogen-bond acceptors (Lipinski definition) is 7. The van der Waals surface area contributed by atoms with Crippen molar-refractivity contribution in [1.82, 2.24) is 10.6 Å². The molecule has 2 amide bonds. The van der Waals surface area contributed by atoms with Crippen LogP contribution in [0.15, 0.2) is 35.6 Å². The quantitative estimate of drug-likeness (QED) is 0.400. The van der Waals surface area contributed by atoms with Crippen LogP contribution in [0, 0.1) is 0 Å². The van der Waals surface area contributed by atoms with Crippen molar-refractivity contribution < 1.29 is 24.2 Å². The number of amides is 2. The lowest BCUT2D eigenvalue weighted by Gasteiger charge is -2.24. The topological polar surface area (TPSA) is 157 Å².